The molecule has 0 aliphatic rings. The molecule has 3 heterocycles. The minimum Gasteiger partial charge on any atom is -0.455 e. The van der Waals surface area contributed by atoms with Gasteiger partial charge in [0.25, 0.3) is 0 Å². The first-order valence-electron chi connectivity index (χ1n) is 17.6. The van der Waals surface area contributed by atoms with Gasteiger partial charge in [0.1, 0.15) is 11.2 Å². The van der Waals surface area contributed by atoms with Gasteiger partial charge in [-0.15, -0.1) is 0 Å². The van der Waals surface area contributed by atoms with Gasteiger partial charge in [0, 0.05) is 43.9 Å². The molecule has 242 valence electrons. The maximum atomic E-state index is 6.45. The van der Waals surface area contributed by atoms with Crippen molar-refractivity contribution < 1.29 is 4.42 Å². The second-order valence-corrected chi connectivity index (χ2v) is 13.4. The predicted octanol–water partition coefficient (Wildman–Crippen LogP) is 12.8. The third-order valence-corrected chi connectivity index (χ3v) is 10.4. The number of para-hydroxylation sites is 2. The quantitative estimate of drug-likeness (QED) is 0.188. The zero-order valence-electron chi connectivity index (χ0n) is 28.0. The number of rotatable bonds is 4. The lowest BCUT2D eigenvalue weighted by atomic mass is 10.00. The highest BCUT2D eigenvalue weighted by Crippen LogP contribution is 2.41. The molecule has 0 fully saturated rings. The van der Waals surface area contributed by atoms with Crippen LogP contribution < -0.4 is 0 Å². The van der Waals surface area contributed by atoms with Crippen molar-refractivity contribution in [3.63, 3.8) is 0 Å². The van der Waals surface area contributed by atoms with Crippen LogP contribution in [0.15, 0.2) is 180 Å². The van der Waals surface area contributed by atoms with Gasteiger partial charge in [0.2, 0.25) is 0 Å². The Balaban J connectivity index is 1.11. The second kappa shape index (κ2) is 11.2. The maximum absolute atomic E-state index is 6.45. The number of furan rings is 1. The van der Waals surface area contributed by atoms with Crippen molar-refractivity contribution in [1.82, 2.24) is 14.5 Å². The molecule has 0 aliphatic heterocycles. The van der Waals surface area contributed by atoms with E-state index in [9.17, 15) is 0 Å². The molecule has 4 heteroatoms. The van der Waals surface area contributed by atoms with Crippen LogP contribution >= 0.6 is 0 Å². The van der Waals surface area contributed by atoms with Crippen LogP contribution in [0.1, 0.15) is 0 Å². The number of fused-ring (bicyclic) bond motifs is 10. The van der Waals surface area contributed by atoms with Gasteiger partial charge >= 0.3 is 0 Å². The minimum atomic E-state index is 0.662. The average Bonchev–Trinajstić information content (AvgIpc) is 3.78. The second-order valence-electron chi connectivity index (χ2n) is 13.4. The van der Waals surface area contributed by atoms with Crippen LogP contribution in [0.4, 0.5) is 0 Å². The molecule has 0 aliphatic carbocycles. The third-order valence-electron chi connectivity index (χ3n) is 10.4. The van der Waals surface area contributed by atoms with E-state index >= 15 is 0 Å². The summed E-state index contributed by atoms with van der Waals surface area (Å²) in [4.78, 5) is 10.3. The largest absolute Gasteiger partial charge is 0.455 e. The molecular weight excluding hydrogens is 635 g/mol. The van der Waals surface area contributed by atoms with Gasteiger partial charge in [-0.1, -0.05) is 121 Å². The summed E-state index contributed by atoms with van der Waals surface area (Å²) in [5, 5.41) is 9.72. The Morgan fingerprint density at radius 1 is 0.423 bits per heavy atom. The van der Waals surface area contributed by atoms with Crippen LogP contribution in [0, 0.1) is 0 Å². The summed E-state index contributed by atoms with van der Waals surface area (Å²) in [6, 6.07) is 61.9. The standard InChI is InChI=1S/C48H29N3O/c1-2-13-32(14-3-1)40-29-41(39-19-10-18-38-37-17-8-9-20-44(37)52-47(38)39)50-48(49-40)33-21-25-34(26-22-33)51-42-27-23-30-11-4-6-15-35(30)45(42)46-36-16-7-5-12-31(36)24-28-43(46)51/h1-29H. The monoisotopic (exact) mass is 663 g/mol. The number of benzene rings is 8. The number of aromatic nitrogens is 3. The summed E-state index contributed by atoms with van der Waals surface area (Å²) in [5.41, 5.74) is 9.73. The van der Waals surface area contributed by atoms with Crippen molar-refractivity contribution in [2.75, 3.05) is 0 Å². The summed E-state index contributed by atoms with van der Waals surface area (Å²) in [6.45, 7) is 0. The molecule has 52 heavy (non-hydrogen) atoms. The number of hydrogen-bond acceptors (Lipinski definition) is 3. The molecule has 11 rings (SSSR count). The Morgan fingerprint density at radius 2 is 1.02 bits per heavy atom. The minimum absolute atomic E-state index is 0.662. The summed E-state index contributed by atoms with van der Waals surface area (Å²) in [7, 11) is 0. The van der Waals surface area contributed by atoms with Crippen LogP contribution in [0.2, 0.25) is 0 Å². The van der Waals surface area contributed by atoms with Gasteiger partial charge in [-0.25, -0.2) is 9.97 Å². The van der Waals surface area contributed by atoms with Gasteiger partial charge in [-0.2, -0.15) is 0 Å². The maximum Gasteiger partial charge on any atom is 0.160 e. The molecule has 0 bridgehead atoms. The van der Waals surface area contributed by atoms with Crippen molar-refractivity contribution >= 4 is 65.3 Å². The van der Waals surface area contributed by atoms with E-state index in [1.165, 1.54) is 43.4 Å². The van der Waals surface area contributed by atoms with Gasteiger partial charge < -0.3 is 8.98 Å². The highest BCUT2D eigenvalue weighted by atomic mass is 16.3. The Labute approximate surface area is 298 Å². The summed E-state index contributed by atoms with van der Waals surface area (Å²) < 4.78 is 8.84. The van der Waals surface area contributed by atoms with Gasteiger partial charge in [-0.05, 0) is 76.1 Å². The van der Waals surface area contributed by atoms with Crippen LogP contribution in [-0.4, -0.2) is 14.5 Å². The van der Waals surface area contributed by atoms with Crippen LogP contribution in [0.25, 0.3) is 105 Å². The van der Waals surface area contributed by atoms with Crippen molar-refractivity contribution in [2.45, 2.75) is 0 Å². The Hall–Kier alpha value is -7.04. The van der Waals surface area contributed by atoms with Crippen LogP contribution in [0.5, 0.6) is 0 Å². The summed E-state index contributed by atoms with van der Waals surface area (Å²) in [5.74, 6) is 0.662. The van der Waals surface area contributed by atoms with Crippen LogP contribution in [-0.2, 0) is 0 Å². The van der Waals surface area contributed by atoms with E-state index in [0.29, 0.717) is 5.82 Å². The molecule has 0 amide bonds. The summed E-state index contributed by atoms with van der Waals surface area (Å²) >= 11 is 0. The third kappa shape index (κ3) is 4.34. The van der Waals surface area contributed by atoms with E-state index in [2.05, 4.69) is 144 Å². The van der Waals surface area contributed by atoms with Crippen molar-refractivity contribution in [2.24, 2.45) is 0 Å². The Morgan fingerprint density at radius 3 is 1.73 bits per heavy atom. The van der Waals surface area contributed by atoms with Gasteiger partial charge in [-0.3, -0.25) is 0 Å². The lowest BCUT2D eigenvalue weighted by Gasteiger charge is -2.12. The molecule has 0 spiro atoms. The van der Waals surface area contributed by atoms with E-state index in [-0.39, 0.29) is 0 Å². The van der Waals surface area contributed by atoms with Crippen molar-refractivity contribution in [3.8, 4) is 39.6 Å². The van der Waals surface area contributed by atoms with E-state index in [1.807, 2.05) is 36.4 Å². The fourth-order valence-corrected chi connectivity index (χ4v) is 8.01. The van der Waals surface area contributed by atoms with E-state index in [0.717, 1.165) is 55.7 Å². The van der Waals surface area contributed by atoms with E-state index in [1.54, 1.807) is 0 Å². The lowest BCUT2D eigenvalue weighted by molar-refractivity contribution is 0.670. The smallest absolute Gasteiger partial charge is 0.160 e. The molecule has 11 aromatic rings. The molecule has 0 N–H and O–H groups in total. The molecule has 0 unspecified atom stereocenters. The van der Waals surface area contributed by atoms with Crippen molar-refractivity contribution in [1.29, 1.82) is 0 Å². The molecule has 0 radical (unpaired) electrons. The zero-order chi connectivity index (χ0) is 34.2. The topological polar surface area (TPSA) is 43.9 Å². The molecular formula is C48H29N3O. The Bertz CT molecular complexity index is 3080. The van der Waals surface area contributed by atoms with E-state index < -0.39 is 0 Å². The van der Waals surface area contributed by atoms with E-state index in [4.69, 9.17) is 14.4 Å². The lowest BCUT2D eigenvalue weighted by Crippen LogP contribution is -1.97. The van der Waals surface area contributed by atoms with Crippen LogP contribution in [0.3, 0.4) is 0 Å². The molecule has 0 saturated heterocycles. The molecule has 8 aromatic carbocycles. The highest BCUT2D eigenvalue weighted by Gasteiger charge is 2.19. The first-order valence-corrected chi connectivity index (χ1v) is 17.6. The number of hydrogen-bond donors (Lipinski definition) is 0. The first kappa shape index (κ1) is 28.8. The normalized spacial score (nSPS) is 11.8. The first-order chi connectivity index (χ1) is 25.8. The van der Waals surface area contributed by atoms with Gasteiger partial charge in [0.05, 0.1) is 22.4 Å². The predicted molar refractivity (Wildman–Crippen MR) is 215 cm³/mol. The average molecular weight is 664 g/mol. The Kier molecular flexibility index (Phi) is 6.22. The van der Waals surface area contributed by atoms with Gasteiger partial charge in [0.15, 0.2) is 5.82 Å². The molecule has 0 atom stereocenters. The van der Waals surface area contributed by atoms with Crippen molar-refractivity contribution in [3.05, 3.63) is 176 Å². The fourth-order valence-electron chi connectivity index (χ4n) is 8.01. The highest BCUT2D eigenvalue weighted by molar-refractivity contribution is 6.28. The summed E-state index contributed by atoms with van der Waals surface area (Å²) in [6.07, 6.45) is 0. The zero-order valence-corrected chi connectivity index (χ0v) is 28.0. The molecule has 4 nitrogen and oxygen atoms in total. The molecule has 3 aromatic heterocycles. The number of nitrogens with zero attached hydrogens (tertiary/aromatic N) is 3. The fraction of sp³-hybridized carbons (Fsp3) is 0. The SMILES string of the molecule is c1ccc(-c2cc(-c3cccc4c3oc3ccccc34)nc(-c3ccc(-n4c5ccc6ccccc6c5c5c6ccccc6ccc54)cc3)n2)cc1. The molecule has 0 saturated carbocycles.